The van der Waals surface area contributed by atoms with Crippen LogP contribution in [0.25, 0.3) is 0 Å². The summed E-state index contributed by atoms with van der Waals surface area (Å²) in [6.45, 7) is 9.44. The second-order valence-electron chi connectivity index (χ2n) is 7.65. The van der Waals surface area contributed by atoms with E-state index in [0.29, 0.717) is 13.0 Å². The van der Waals surface area contributed by atoms with Crippen LogP contribution in [0.2, 0.25) is 0 Å². The fourth-order valence-corrected chi connectivity index (χ4v) is 2.85. The van der Waals surface area contributed by atoms with Crippen LogP contribution in [-0.2, 0) is 26.0 Å². The molecule has 0 aliphatic heterocycles. The number of benzene rings is 1. The van der Waals surface area contributed by atoms with Gasteiger partial charge < -0.3 is 4.74 Å². The third kappa shape index (κ3) is 7.53. The minimum absolute atomic E-state index is 0.0168. The molecule has 1 rings (SSSR count). The normalized spacial score (nSPS) is 15.7. The molecule has 25 heavy (non-hydrogen) atoms. The van der Waals surface area contributed by atoms with E-state index in [1.54, 1.807) is 13.0 Å². The molecule has 0 saturated heterocycles. The van der Waals surface area contributed by atoms with Gasteiger partial charge in [-0.15, -0.1) is 0 Å². The van der Waals surface area contributed by atoms with E-state index in [1.165, 1.54) is 6.26 Å². The quantitative estimate of drug-likeness (QED) is 0.654. The van der Waals surface area contributed by atoms with Crippen molar-refractivity contribution in [3.05, 3.63) is 47.5 Å². The molecule has 0 fully saturated rings. The van der Waals surface area contributed by atoms with Crippen molar-refractivity contribution in [3.8, 4) is 0 Å². The van der Waals surface area contributed by atoms with Gasteiger partial charge in [-0.05, 0) is 19.4 Å². The van der Waals surface area contributed by atoms with Crippen LogP contribution < -0.4 is 0 Å². The van der Waals surface area contributed by atoms with E-state index in [2.05, 4.69) is 0 Å². The van der Waals surface area contributed by atoms with Gasteiger partial charge in [0.1, 0.15) is 6.10 Å². The van der Waals surface area contributed by atoms with Crippen LogP contribution in [0.5, 0.6) is 0 Å². The average molecular weight is 367 g/mol. The average Bonchev–Trinajstić information content (AvgIpc) is 2.49. The molecule has 140 valence electrons. The van der Waals surface area contributed by atoms with Crippen molar-refractivity contribution in [2.75, 3.05) is 6.26 Å². The van der Waals surface area contributed by atoms with Gasteiger partial charge in [0.2, 0.25) is 0 Å². The molecule has 2 atom stereocenters. The van der Waals surface area contributed by atoms with Gasteiger partial charge >= 0.3 is 0 Å². The van der Waals surface area contributed by atoms with Crippen molar-refractivity contribution in [2.24, 2.45) is 5.41 Å². The molecule has 0 bridgehead atoms. The number of ether oxygens (including phenoxy) is 1. The lowest BCUT2D eigenvalue weighted by atomic mass is 9.85. The molecular formula is C20H30O4S. The lowest BCUT2D eigenvalue weighted by Gasteiger charge is -2.25. The minimum Gasteiger partial charge on any atom is -0.365 e. The summed E-state index contributed by atoms with van der Waals surface area (Å²) in [6, 6.07) is 9.69. The van der Waals surface area contributed by atoms with E-state index in [1.807, 2.05) is 58.0 Å². The van der Waals surface area contributed by atoms with E-state index in [-0.39, 0.29) is 5.78 Å². The fraction of sp³-hybridized carbons (Fsp3) is 0.550. The maximum Gasteiger partial charge on any atom is 0.167 e. The number of sulfone groups is 1. The molecule has 0 saturated carbocycles. The Bertz CT molecular complexity index is 697. The van der Waals surface area contributed by atoms with Gasteiger partial charge in [-0.2, -0.15) is 0 Å². The Hall–Kier alpha value is -1.46. The Balaban J connectivity index is 2.91. The van der Waals surface area contributed by atoms with Crippen LogP contribution in [0.1, 0.15) is 46.6 Å². The van der Waals surface area contributed by atoms with Crippen LogP contribution in [0.15, 0.2) is 42.0 Å². The van der Waals surface area contributed by atoms with E-state index in [0.717, 1.165) is 11.1 Å². The highest BCUT2D eigenvalue weighted by molar-refractivity contribution is 7.91. The first kappa shape index (κ1) is 21.6. The van der Waals surface area contributed by atoms with Gasteiger partial charge in [0.25, 0.3) is 0 Å². The zero-order valence-electron chi connectivity index (χ0n) is 16.1. The topological polar surface area (TPSA) is 60.4 Å². The summed E-state index contributed by atoms with van der Waals surface area (Å²) >= 11 is 0. The summed E-state index contributed by atoms with van der Waals surface area (Å²) in [5, 5.41) is -0.577. The predicted molar refractivity (Wildman–Crippen MR) is 102 cm³/mol. The van der Waals surface area contributed by atoms with Crippen molar-refractivity contribution in [1.29, 1.82) is 0 Å². The molecule has 0 spiro atoms. The second-order valence-corrected chi connectivity index (χ2v) is 10.1. The molecule has 0 unspecified atom stereocenters. The van der Waals surface area contributed by atoms with Crippen molar-refractivity contribution in [1.82, 2.24) is 0 Å². The molecule has 0 heterocycles. The number of hydrogen-bond donors (Lipinski definition) is 0. The second kappa shape index (κ2) is 8.77. The highest BCUT2D eigenvalue weighted by atomic mass is 32.2. The van der Waals surface area contributed by atoms with Crippen LogP contribution in [0.3, 0.4) is 0 Å². The molecular weight excluding hydrogens is 336 g/mol. The standard InChI is InChI=1S/C20H30O4S/c1-15(12-16(2)25(6,22)23)13-18(19(21)20(3,4)5)24-14-17-10-8-7-9-11-17/h7-12,16,18H,13-14H2,1-6H3/b15-12-/t16-,18+/m0/s1. The van der Waals surface area contributed by atoms with Crippen molar-refractivity contribution >= 4 is 15.6 Å². The maximum absolute atomic E-state index is 12.7. The molecule has 4 nitrogen and oxygen atoms in total. The largest absolute Gasteiger partial charge is 0.365 e. The van der Waals surface area contributed by atoms with Crippen molar-refractivity contribution in [3.63, 3.8) is 0 Å². The Labute approximate surface area is 152 Å². The van der Waals surface area contributed by atoms with Crippen LogP contribution in [-0.4, -0.2) is 31.8 Å². The molecule has 0 aromatic heterocycles. The van der Waals surface area contributed by atoms with Gasteiger partial charge in [-0.3, -0.25) is 4.79 Å². The highest BCUT2D eigenvalue weighted by Gasteiger charge is 2.30. The fourth-order valence-electron chi connectivity index (χ4n) is 2.37. The number of rotatable bonds is 8. The Morgan fingerprint density at radius 3 is 2.24 bits per heavy atom. The number of Topliss-reactive ketones (excluding diaryl/α,β-unsaturated/α-hetero) is 1. The predicted octanol–water partition coefficient (Wildman–Crippen LogP) is 3.96. The molecule has 0 aliphatic rings. The molecule has 0 amide bonds. The summed E-state index contributed by atoms with van der Waals surface area (Å²) in [5.74, 6) is 0.0168. The van der Waals surface area contributed by atoms with Gasteiger partial charge in [-0.1, -0.05) is 62.8 Å². The number of carbonyl (C=O) groups excluding carboxylic acids is 1. The lowest BCUT2D eigenvalue weighted by Crippen LogP contribution is -2.34. The van der Waals surface area contributed by atoms with Crippen LogP contribution >= 0.6 is 0 Å². The monoisotopic (exact) mass is 366 g/mol. The van der Waals surface area contributed by atoms with E-state index in [9.17, 15) is 13.2 Å². The van der Waals surface area contributed by atoms with Gasteiger partial charge in [0.15, 0.2) is 15.6 Å². The summed E-state index contributed by atoms with van der Waals surface area (Å²) in [5.41, 5.74) is 1.32. The summed E-state index contributed by atoms with van der Waals surface area (Å²) in [7, 11) is -3.14. The van der Waals surface area contributed by atoms with Crippen molar-refractivity contribution < 1.29 is 17.9 Å². The maximum atomic E-state index is 12.7. The third-order valence-electron chi connectivity index (χ3n) is 4.03. The molecule has 5 heteroatoms. The zero-order chi connectivity index (χ0) is 19.3. The van der Waals surface area contributed by atoms with Crippen LogP contribution in [0, 0.1) is 5.41 Å². The number of ketones is 1. The number of carbonyl (C=O) groups is 1. The first-order valence-electron chi connectivity index (χ1n) is 8.47. The van der Waals surface area contributed by atoms with Gasteiger partial charge in [0, 0.05) is 18.1 Å². The summed E-state index contributed by atoms with van der Waals surface area (Å²) in [6.07, 6.45) is 2.71. The Kier molecular flexibility index (Phi) is 7.57. The lowest BCUT2D eigenvalue weighted by molar-refractivity contribution is -0.139. The highest BCUT2D eigenvalue weighted by Crippen LogP contribution is 2.23. The Morgan fingerprint density at radius 2 is 1.76 bits per heavy atom. The van der Waals surface area contributed by atoms with Gasteiger partial charge in [-0.25, -0.2) is 8.42 Å². The summed E-state index contributed by atoms with van der Waals surface area (Å²) < 4.78 is 29.1. The molecule has 0 radical (unpaired) electrons. The molecule has 1 aromatic carbocycles. The van der Waals surface area contributed by atoms with Crippen molar-refractivity contribution in [2.45, 2.75) is 59.0 Å². The third-order valence-corrected chi connectivity index (χ3v) is 5.51. The first-order valence-corrected chi connectivity index (χ1v) is 10.4. The van der Waals surface area contributed by atoms with E-state index in [4.69, 9.17) is 4.74 Å². The summed E-state index contributed by atoms with van der Waals surface area (Å²) in [4.78, 5) is 12.7. The van der Waals surface area contributed by atoms with Gasteiger partial charge in [0.05, 0.1) is 11.9 Å². The SMILES string of the molecule is C/C(=C/[C@H](C)S(C)(=O)=O)C[C@@H](OCc1ccccc1)C(=O)C(C)(C)C. The molecule has 1 aromatic rings. The minimum atomic E-state index is -3.14. The van der Waals surface area contributed by atoms with Crippen LogP contribution in [0.4, 0.5) is 0 Å². The molecule has 0 aliphatic carbocycles. The number of hydrogen-bond acceptors (Lipinski definition) is 4. The first-order chi connectivity index (χ1) is 11.4. The smallest absolute Gasteiger partial charge is 0.167 e. The molecule has 0 N–H and O–H groups in total. The zero-order valence-corrected chi connectivity index (χ0v) is 16.9. The Morgan fingerprint density at radius 1 is 1.20 bits per heavy atom. The van der Waals surface area contributed by atoms with E-state index >= 15 is 0 Å². The van der Waals surface area contributed by atoms with E-state index < -0.39 is 26.6 Å².